The monoisotopic (exact) mass is 428 g/mol. The molecule has 0 saturated carbocycles. The van der Waals surface area contributed by atoms with Gasteiger partial charge in [-0.3, -0.25) is 4.79 Å². The molecule has 1 heterocycles. The van der Waals surface area contributed by atoms with Crippen LogP contribution in [0.1, 0.15) is 16.1 Å². The number of hydrogen-bond acceptors (Lipinski definition) is 2. The lowest BCUT2D eigenvalue weighted by Crippen LogP contribution is -2.23. The number of H-pyrrole nitrogens is 1. The highest BCUT2D eigenvalue weighted by atomic mass is 19.4. The van der Waals surface area contributed by atoms with Crippen LogP contribution in [0.4, 0.5) is 17.6 Å². The first-order valence-corrected chi connectivity index (χ1v) is 9.30. The van der Waals surface area contributed by atoms with Crippen LogP contribution in [0.2, 0.25) is 0 Å². The number of aromatic nitrogens is 1. The predicted molar refractivity (Wildman–Crippen MR) is 108 cm³/mol. The molecule has 31 heavy (non-hydrogen) atoms. The van der Waals surface area contributed by atoms with Crippen molar-refractivity contribution in [1.82, 2.24) is 10.3 Å². The second-order valence-electron chi connectivity index (χ2n) is 6.81. The maximum Gasteiger partial charge on any atom is 0.573 e. The molecule has 0 aliphatic heterocycles. The molecule has 158 valence electrons. The Bertz CT molecular complexity index is 1220. The molecule has 4 rings (SSSR count). The Morgan fingerprint density at radius 3 is 2.35 bits per heavy atom. The largest absolute Gasteiger partial charge is 0.573 e. The van der Waals surface area contributed by atoms with E-state index in [1.807, 2.05) is 30.3 Å². The summed E-state index contributed by atoms with van der Waals surface area (Å²) < 4.78 is 54.5. The number of nitrogens with one attached hydrogen (secondary N) is 2. The quantitative estimate of drug-likeness (QED) is 0.395. The summed E-state index contributed by atoms with van der Waals surface area (Å²) in [6.07, 6.45) is -4.77. The Morgan fingerprint density at radius 1 is 0.968 bits per heavy atom. The zero-order valence-corrected chi connectivity index (χ0v) is 16.0. The van der Waals surface area contributed by atoms with Crippen LogP contribution >= 0.6 is 0 Å². The molecule has 8 heteroatoms. The van der Waals surface area contributed by atoms with Gasteiger partial charge in [0, 0.05) is 23.0 Å². The van der Waals surface area contributed by atoms with E-state index in [2.05, 4.69) is 15.0 Å². The normalized spacial score (nSPS) is 11.5. The fourth-order valence-electron chi connectivity index (χ4n) is 3.32. The molecule has 0 radical (unpaired) electrons. The fraction of sp³-hybridized carbons (Fsp3) is 0.0870. The number of carbonyl (C=O) groups excluding carboxylic acids is 1. The van der Waals surface area contributed by atoms with E-state index in [1.54, 1.807) is 6.07 Å². The van der Waals surface area contributed by atoms with Gasteiger partial charge in [-0.15, -0.1) is 13.2 Å². The standard InChI is InChI=1S/C23H16F4N2O2/c24-16-8-11-19-18(12-16)20(15-4-2-1-3-5-15)21(29-19)22(30)28-13-14-6-9-17(10-7-14)31-23(25,26)27/h1-12,29H,13H2,(H,28,30). The minimum absolute atomic E-state index is 0.0864. The van der Waals surface area contributed by atoms with Gasteiger partial charge in [0.2, 0.25) is 0 Å². The third-order valence-electron chi connectivity index (χ3n) is 4.66. The van der Waals surface area contributed by atoms with E-state index in [0.29, 0.717) is 22.0 Å². The van der Waals surface area contributed by atoms with E-state index >= 15 is 0 Å². The molecule has 4 aromatic rings. The average Bonchev–Trinajstić information content (AvgIpc) is 3.11. The zero-order valence-electron chi connectivity index (χ0n) is 16.0. The van der Waals surface area contributed by atoms with E-state index in [0.717, 1.165) is 5.56 Å². The third-order valence-corrected chi connectivity index (χ3v) is 4.66. The molecule has 0 bridgehead atoms. The van der Waals surface area contributed by atoms with Crippen molar-refractivity contribution in [1.29, 1.82) is 0 Å². The molecule has 4 nitrogen and oxygen atoms in total. The van der Waals surface area contributed by atoms with Crippen molar-refractivity contribution in [2.75, 3.05) is 0 Å². The summed E-state index contributed by atoms with van der Waals surface area (Å²) in [5.74, 6) is -1.19. The van der Waals surface area contributed by atoms with Crippen molar-refractivity contribution in [3.05, 3.63) is 89.9 Å². The smallest absolute Gasteiger partial charge is 0.406 e. The van der Waals surface area contributed by atoms with Crippen LogP contribution < -0.4 is 10.1 Å². The number of halogens is 4. The average molecular weight is 428 g/mol. The van der Waals surface area contributed by atoms with Gasteiger partial charge >= 0.3 is 6.36 Å². The Balaban J connectivity index is 1.58. The highest BCUT2D eigenvalue weighted by Gasteiger charge is 2.31. The fourth-order valence-corrected chi connectivity index (χ4v) is 3.32. The minimum Gasteiger partial charge on any atom is -0.406 e. The number of ether oxygens (including phenoxy) is 1. The summed E-state index contributed by atoms with van der Waals surface area (Å²) in [6.45, 7) is 0.0864. The summed E-state index contributed by atoms with van der Waals surface area (Å²) in [7, 11) is 0. The van der Waals surface area contributed by atoms with Crippen molar-refractivity contribution >= 4 is 16.8 Å². The van der Waals surface area contributed by atoms with Crippen LogP contribution in [-0.4, -0.2) is 17.3 Å². The second kappa shape index (κ2) is 8.14. The van der Waals surface area contributed by atoms with Gasteiger partial charge in [0.25, 0.3) is 5.91 Å². The van der Waals surface area contributed by atoms with E-state index in [-0.39, 0.29) is 18.0 Å². The molecule has 0 aliphatic rings. The van der Waals surface area contributed by atoms with Crippen LogP contribution in [0.15, 0.2) is 72.8 Å². The Labute approximate surface area is 174 Å². The molecule has 1 amide bonds. The van der Waals surface area contributed by atoms with E-state index in [4.69, 9.17) is 0 Å². The third kappa shape index (κ3) is 4.69. The van der Waals surface area contributed by atoms with Crippen molar-refractivity contribution in [2.45, 2.75) is 12.9 Å². The summed E-state index contributed by atoms with van der Waals surface area (Å²) in [6, 6.07) is 18.6. The van der Waals surface area contributed by atoms with Crippen molar-refractivity contribution in [3.8, 4) is 16.9 Å². The Morgan fingerprint density at radius 2 is 1.68 bits per heavy atom. The van der Waals surface area contributed by atoms with Gasteiger partial charge in [0.1, 0.15) is 17.3 Å². The van der Waals surface area contributed by atoms with Gasteiger partial charge in [-0.2, -0.15) is 0 Å². The molecule has 0 unspecified atom stereocenters. The van der Waals surface area contributed by atoms with Crippen LogP contribution in [0, 0.1) is 5.82 Å². The molecule has 0 spiro atoms. The van der Waals surface area contributed by atoms with Gasteiger partial charge < -0.3 is 15.0 Å². The summed E-state index contributed by atoms with van der Waals surface area (Å²) >= 11 is 0. The van der Waals surface area contributed by atoms with Crippen LogP contribution in [0.5, 0.6) is 5.75 Å². The van der Waals surface area contributed by atoms with Crippen molar-refractivity contribution in [3.63, 3.8) is 0 Å². The maximum absolute atomic E-state index is 13.9. The summed E-state index contributed by atoms with van der Waals surface area (Å²) in [4.78, 5) is 15.9. The lowest BCUT2D eigenvalue weighted by atomic mass is 10.0. The molecule has 1 aromatic heterocycles. The number of rotatable bonds is 5. The number of hydrogen-bond donors (Lipinski definition) is 2. The highest BCUT2D eigenvalue weighted by Crippen LogP contribution is 2.33. The van der Waals surface area contributed by atoms with E-state index in [9.17, 15) is 22.4 Å². The maximum atomic E-state index is 13.9. The lowest BCUT2D eigenvalue weighted by Gasteiger charge is -2.10. The number of aromatic amines is 1. The lowest BCUT2D eigenvalue weighted by molar-refractivity contribution is -0.274. The Kier molecular flexibility index (Phi) is 5.37. The number of benzene rings is 3. The van der Waals surface area contributed by atoms with E-state index < -0.39 is 18.1 Å². The van der Waals surface area contributed by atoms with E-state index in [1.165, 1.54) is 36.4 Å². The first kappa shape index (κ1) is 20.5. The summed E-state index contributed by atoms with van der Waals surface area (Å²) in [5.41, 5.74) is 2.79. The summed E-state index contributed by atoms with van der Waals surface area (Å²) in [5, 5.41) is 3.32. The van der Waals surface area contributed by atoms with Crippen LogP contribution in [0.25, 0.3) is 22.0 Å². The van der Waals surface area contributed by atoms with Gasteiger partial charge in [-0.1, -0.05) is 42.5 Å². The van der Waals surface area contributed by atoms with Crippen molar-refractivity contribution in [2.24, 2.45) is 0 Å². The topological polar surface area (TPSA) is 54.1 Å². The highest BCUT2D eigenvalue weighted by molar-refractivity contribution is 6.09. The Hall–Kier alpha value is -3.81. The first-order valence-electron chi connectivity index (χ1n) is 9.30. The zero-order chi connectivity index (χ0) is 22.0. The molecule has 0 atom stereocenters. The SMILES string of the molecule is O=C(NCc1ccc(OC(F)(F)F)cc1)c1[nH]c2ccc(F)cc2c1-c1ccccc1. The molecular formula is C23H16F4N2O2. The van der Waals surface area contributed by atoms with Crippen LogP contribution in [-0.2, 0) is 6.54 Å². The molecular weight excluding hydrogens is 412 g/mol. The number of amides is 1. The number of alkyl halides is 3. The number of fused-ring (bicyclic) bond motifs is 1. The first-order chi connectivity index (χ1) is 14.8. The number of carbonyl (C=O) groups is 1. The molecule has 2 N–H and O–H groups in total. The molecule has 0 aliphatic carbocycles. The minimum atomic E-state index is -4.77. The van der Waals surface area contributed by atoms with Gasteiger partial charge in [0.05, 0.1) is 0 Å². The molecule has 0 saturated heterocycles. The molecule has 3 aromatic carbocycles. The van der Waals surface area contributed by atoms with Gasteiger partial charge in [0.15, 0.2) is 0 Å². The van der Waals surface area contributed by atoms with Crippen molar-refractivity contribution < 1.29 is 27.1 Å². The van der Waals surface area contributed by atoms with Gasteiger partial charge in [-0.25, -0.2) is 4.39 Å². The second-order valence-corrected chi connectivity index (χ2v) is 6.81. The molecule has 0 fully saturated rings. The predicted octanol–water partition coefficient (Wildman–Crippen LogP) is 5.80. The van der Waals surface area contributed by atoms with Gasteiger partial charge in [-0.05, 0) is 41.5 Å². The van der Waals surface area contributed by atoms with Crippen LogP contribution in [0.3, 0.4) is 0 Å².